The number of nitrogens with zero attached hydrogens (tertiary/aromatic N) is 3. The van der Waals surface area contributed by atoms with Crippen LogP contribution in [0.15, 0.2) is 12.1 Å². The highest BCUT2D eigenvalue weighted by atomic mass is 16.5. The van der Waals surface area contributed by atoms with Crippen LogP contribution in [0.4, 0.5) is 4.79 Å². The average molecular weight is 357 g/mol. The zero-order valence-corrected chi connectivity index (χ0v) is 15.5. The molecule has 2 aromatic heterocycles. The molecule has 0 bridgehead atoms. The van der Waals surface area contributed by atoms with Gasteiger partial charge in [0.2, 0.25) is 0 Å². The number of methoxy groups -OCH3 is 1. The highest BCUT2D eigenvalue weighted by Gasteiger charge is 2.28. The number of hydrogen-bond acceptors (Lipinski definition) is 5. The molecule has 0 aromatic carbocycles. The number of aryl methyl sites for hydroxylation is 1. The number of hydrogen-bond donors (Lipinski definition) is 2. The molecule has 2 aromatic rings. The molecule has 2 heterocycles. The van der Waals surface area contributed by atoms with Gasteiger partial charge < -0.3 is 15.4 Å². The number of alkyl carbamates (subject to hydrolysis) is 1. The summed E-state index contributed by atoms with van der Waals surface area (Å²) < 4.78 is 6.61. The van der Waals surface area contributed by atoms with Gasteiger partial charge >= 0.3 is 6.09 Å². The molecule has 26 heavy (non-hydrogen) atoms. The molecule has 7 heteroatoms. The van der Waals surface area contributed by atoms with Gasteiger partial charge in [-0.3, -0.25) is 0 Å². The maximum Gasteiger partial charge on any atom is 0.406 e. The van der Waals surface area contributed by atoms with Gasteiger partial charge in [-0.2, -0.15) is 5.10 Å². The lowest BCUT2D eigenvalue weighted by Gasteiger charge is -2.10. The Bertz CT molecular complexity index is 795. The first-order valence-electron chi connectivity index (χ1n) is 9.61. The van der Waals surface area contributed by atoms with Gasteiger partial charge in [-0.05, 0) is 51.2 Å². The van der Waals surface area contributed by atoms with Crippen LogP contribution >= 0.6 is 0 Å². The Morgan fingerprint density at radius 3 is 2.85 bits per heavy atom. The summed E-state index contributed by atoms with van der Waals surface area (Å²) >= 11 is 0. The van der Waals surface area contributed by atoms with E-state index < -0.39 is 6.09 Å². The number of rotatable bonds is 8. The minimum atomic E-state index is -0.396. The lowest BCUT2D eigenvalue weighted by molar-refractivity contribution is 0.170. The van der Waals surface area contributed by atoms with E-state index in [0.717, 1.165) is 29.7 Å². The molecule has 1 amide bonds. The fourth-order valence-corrected chi connectivity index (χ4v) is 3.35. The van der Waals surface area contributed by atoms with Gasteiger partial charge in [0, 0.05) is 42.2 Å². The first-order valence-corrected chi connectivity index (χ1v) is 9.61. The van der Waals surface area contributed by atoms with Crippen LogP contribution in [0, 0.1) is 0 Å². The van der Waals surface area contributed by atoms with Crippen molar-refractivity contribution < 1.29 is 9.53 Å². The molecule has 140 valence electrons. The highest BCUT2D eigenvalue weighted by molar-refractivity contribution is 5.79. The van der Waals surface area contributed by atoms with E-state index in [1.54, 1.807) is 0 Å². The molecule has 2 aliphatic rings. The van der Waals surface area contributed by atoms with Crippen LogP contribution in [-0.4, -0.2) is 40.6 Å². The minimum absolute atomic E-state index is 0.216. The summed E-state index contributed by atoms with van der Waals surface area (Å²) in [5.41, 5.74) is 3.22. The van der Waals surface area contributed by atoms with Crippen molar-refractivity contribution in [3.63, 3.8) is 0 Å². The summed E-state index contributed by atoms with van der Waals surface area (Å²) in [6, 6.07) is 5.20. The number of aromatic nitrogens is 3. The predicted molar refractivity (Wildman–Crippen MR) is 99.1 cm³/mol. The Morgan fingerprint density at radius 1 is 1.35 bits per heavy atom. The van der Waals surface area contributed by atoms with Gasteiger partial charge in [0.1, 0.15) is 0 Å². The molecule has 0 aliphatic heterocycles. The molecule has 1 atom stereocenters. The molecule has 7 nitrogen and oxygen atoms in total. The number of nitrogens with one attached hydrogen (secondary N) is 2. The smallest absolute Gasteiger partial charge is 0.406 e. The van der Waals surface area contributed by atoms with Gasteiger partial charge in [0.15, 0.2) is 5.65 Å². The molecule has 2 aliphatic carbocycles. The van der Waals surface area contributed by atoms with E-state index >= 15 is 0 Å². The summed E-state index contributed by atoms with van der Waals surface area (Å²) in [5.74, 6) is 0.620. The van der Waals surface area contributed by atoms with Crippen LogP contribution in [0.3, 0.4) is 0 Å². The third kappa shape index (κ3) is 3.82. The highest BCUT2D eigenvalue weighted by Crippen LogP contribution is 2.40. The largest absolute Gasteiger partial charge is 0.453 e. The number of carbonyl (C=O) groups is 1. The molecule has 4 rings (SSSR count). The summed E-state index contributed by atoms with van der Waals surface area (Å²) in [6.07, 6.45) is 5.38. The van der Waals surface area contributed by atoms with Crippen molar-refractivity contribution in [1.29, 1.82) is 0 Å². The molecular weight excluding hydrogens is 330 g/mol. The van der Waals surface area contributed by atoms with Gasteiger partial charge in [0.05, 0.1) is 12.8 Å². The lowest BCUT2D eigenvalue weighted by atomic mass is 10.1. The third-order valence-corrected chi connectivity index (χ3v) is 5.12. The number of ether oxygens (including phenoxy) is 1. The molecule has 0 saturated heterocycles. The number of pyridine rings is 1. The molecule has 1 unspecified atom stereocenters. The van der Waals surface area contributed by atoms with Gasteiger partial charge in [-0.15, -0.1) is 0 Å². The van der Waals surface area contributed by atoms with E-state index in [1.807, 2.05) is 4.68 Å². The summed E-state index contributed by atoms with van der Waals surface area (Å²) in [7, 11) is 1.38. The maximum absolute atomic E-state index is 11.2. The van der Waals surface area contributed by atoms with E-state index in [1.165, 1.54) is 38.5 Å². The van der Waals surface area contributed by atoms with Crippen LogP contribution in [0.1, 0.15) is 62.4 Å². The Balaban J connectivity index is 1.54. The van der Waals surface area contributed by atoms with Crippen molar-refractivity contribution in [2.45, 2.75) is 63.6 Å². The molecule has 2 N–H and O–H groups in total. The van der Waals surface area contributed by atoms with Crippen LogP contribution in [-0.2, 0) is 11.3 Å². The average Bonchev–Trinajstić information content (AvgIpc) is 3.57. The Hall–Kier alpha value is -2.15. The normalized spacial score (nSPS) is 18.1. The fourth-order valence-electron chi connectivity index (χ4n) is 3.35. The van der Waals surface area contributed by atoms with Crippen molar-refractivity contribution >= 4 is 17.1 Å². The van der Waals surface area contributed by atoms with Crippen molar-refractivity contribution in [3.05, 3.63) is 23.5 Å². The second kappa shape index (κ2) is 7.23. The zero-order chi connectivity index (χ0) is 18.1. The molecule has 2 saturated carbocycles. The standard InChI is InChI=1S/C19H27N5O2/c1-12(21-14-6-7-14)17-15-8-9-16(13-4-5-13)22-18(15)24(23-17)11-3-10-20-19(25)26-2/h8-9,12-14,21H,3-7,10-11H2,1-2H3,(H,20,25). The van der Waals surface area contributed by atoms with Crippen molar-refractivity contribution in [1.82, 2.24) is 25.4 Å². The van der Waals surface area contributed by atoms with Crippen LogP contribution in [0.25, 0.3) is 11.0 Å². The van der Waals surface area contributed by atoms with Gasteiger partial charge in [0.25, 0.3) is 0 Å². The zero-order valence-electron chi connectivity index (χ0n) is 15.5. The number of amides is 1. The minimum Gasteiger partial charge on any atom is -0.453 e. The monoisotopic (exact) mass is 357 g/mol. The molecule has 2 fully saturated rings. The Labute approximate surface area is 153 Å². The second-order valence-corrected chi connectivity index (χ2v) is 7.42. The molecule has 0 radical (unpaired) electrons. The van der Waals surface area contributed by atoms with E-state index in [0.29, 0.717) is 18.5 Å². The van der Waals surface area contributed by atoms with Gasteiger partial charge in [-0.1, -0.05) is 0 Å². The third-order valence-electron chi connectivity index (χ3n) is 5.12. The number of carbonyl (C=O) groups excluding carboxylic acids is 1. The quantitative estimate of drug-likeness (QED) is 0.710. The van der Waals surface area contributed by atoms with E-state index in [-0.39, 0.29) is 6.04 Å². The van der Waals surface area contributed by atoms with Crippen molar-refractivity contribution in [3.8, 4) is 0 Å². The van der Waals surface area contributed by atoms with E-state index in [4.69, 9.17) is 10.1 Å². The van der Waals surface area contributed by atoms with Crippen molar-refractivity contribution in [2.24, 2.45) is 0 Å². The predicted octanol–water partition coefficient (Wildman–Crippen LogP) is 2.87. The first-order chi connectivity index (χ1) is 12.7. The summed E-state index contributed by atoms with van der Waals surface area (Å²) in [6.45, 7) is 3.46. The first kappa shape index (κ1) is 17.3. The fraction of sp³-hybridized carbons (Fsp3) is 0.632. The molecule has 0 spiro atoms. The van der Waals surface area contributed by atoms with E-state index in [9.17, 15) is 4.79 Å². The summed E-state index contributed by atoms with van der Waals surface area (Å²) in [4.78, 5) is 16.1. The molecular formula is C19H27N5O2. The van der Waals surface area contributed by atoms with Crippen LogP contribution in [0.5, 0.6) is 0 Å². The Kier molecular flexibility index (Phi) is 4.80. The van der Waals surface area contributed by atoms with Crippen LogP contribution < -0.4 is 10.6 Å². The number of fused-ring (bicyclic) bond motifs is 1. The topological polar surface area (TPSA) is 81.1 Å². The van der Waals surface area contributed by atoms with Crippen molar-refractivity contribution in [2.75, 3.05) is 13.7 Å². The van der Waals surface area contributed by atoms with E-state index in [2.05, 4.69) is 34.4 Å². The lowest BCUT2D eigenvalue weighted by Crippen LogP contribution is -2.25. The summed E-state index contributed by atoms with van der Waals surface area (Å²) in [5, 5.41) is 12.4. The maximum atomic E-state index is 11.2. The van der Waals surface area contributed by atoms with Crippen LogP contribution in [0.2, 0.25) is 0 Å². The second-order valence-electron chi connectivity index (χ2n) is 7.42. The van der Waals surface area contributed by atoms with Gasteiger partial charge in [-0.25, -0.2) is 14.5 Å². The Morgan fingerprint density at radius 2 is 2.15 bits per heavy atom. The SMILES string of the molecule is COC(=O)NCCCn1nc(C(C)NC2CC2)c2ccc(C3CC3)nc21.